The van der Waals surface area contributed by atoms with Crippen molar-refractivity contribution in [3.05, 3.63) is 47.3 Å². The predicted molar refractivity (Wildman–Crippen MR) is 109 cm³/mol. The minimum absolute atomic E-state index is 0.146. The van der Waals surface area contributed by atoms with Crippen LogP contribution in [0.15, 0.2) is 46.9 Å². The van der Waals surface area contributed by atoms with Crippen molar-refractivity contribution in [1.82, 2.24) is 14.8 Å². The number of thioether (sulfide) groups is 1. The van der Waals surface area contributed by atoms with Crippen molar-refractivity contribution >= 4 is 34.7 Å². The minimum atomic E-state index is -0.200. The first-order chi connectivity index (χ1) is 13.2. The van der Waals surface area contributed by atoms with Gasteiger partial charge in [0, 0.05) is 18.3 Å². The average Bonchev–Trinajstić information content (AvgIpc) is 3.11. The molecule has 2 aliphatic rings. The standard InChI is InChI=1S/C20H20N4OS2/c1-13(19(25)23-11-10-14-5-2-3-6-16(14)23)27-20-22-21-18(17-7-4-12-26-17)24(20)15-8-9-15/h2-7,12-13,15H,8-11H2,1H3. The van der Waals surface area contributed by atoms with Crippen LogP contribution in [-0.2, 0) is 11.2 Å². The predicted octanol–water partition coefficient (Wildman–Crippen LogP) is 4.41. The summed E-state index contributed by atoms with van der Waals surface area (Å²) >= 11 is 3.21. The Balaban J connectivity index is 1.39. The van der Waals surface area contributed by atoms with Gasteiger partial charge in [0.15, 0.2) is 11.0 Å². The van der Waals surface area contributed by atoms with E-state index in [2.05, 4.69) is 32.3 Å². The fraction of sp³-hybridized carbons (Fsp3) is 0.350. The molecule has 0 bridgehead atoms. The van der Waals surface area contributed by atoms with E-state index in [1.54, 1.807) is 11.3 Å². The van der Waals surface area contributed by atoms with E-state index in [-0.39, 0.29) is 11.2 Å². The smallest absolute Gasteiger partial charge is 0.240 e. The van der Waals surface area contributed by atoms with Crippen LogP contribution in [-0.4, -0.2) is 32.5 Å². The van der Waals surface area contributed by atoms with Crippen molar-refractivity contribution in [2.75, 3.05) is 11.4 Å². The average molecular weight is 397 g/mol. The molecule has 0 radical (unpaired) electrons. The van der Waals surface area contributed by atoms with Crippen LogP contribution in [0.4, 0.5) is 5.69 Å². The monoisotopic (exact) mass is 396 g/mol. The molecule has 3 aromatic rings. The van der Waals surface area contributed by atoms with E-state index in [1.165, 1.54) is 17.3 Å². The summed E-state index contributed by atoms with van der Waals surface area (Å²) in [4.78, 5) is 16.1. The number of para-hydroxylation sites is 1. The Morgan fingerprint density at radius 1 is 1.22 bits per heavy atom. The molecule has 7 heteroatoms. The van der Waals surface area contributed by atoms with Crippen LogP contribution in [0.25, 0.3) is 10.7 Å². The molecule has 1 aliphatic carbocycles. The van der Waals surface area contributed by atoms with Gasteiger partial charge in [-0.25, -0.2) is 0 Å². The number of hydrogen-bond acceptors (Lipinski definition) is 5. The molecule has 1 atom stereocenters. The molecule has 0 N–H and O–H groups in total. The minimum Gasteiger partial charge on any atom is -0.311 e. The second kappa shape index (κ2) is 6.80. The van der Waals surface area contributed by atoms with Crippen LogP contribution >= 0.6 is 23.1 Å². The third-order valence-corrected chi connectivity index (χ3v) is 7.01. The van der Waals surface area contributed by atoms with Gasteiger partial charge >= 0.3 is 0 Å². The molecule has 1 amide bonds. The van der Waals surface area contributed by atoms with Gasteiger partial charge in [-0.05, 0) is 49.3 Å². The Morgan fingerprint density at radius 3 is 2.85 bits per heavy atom. The van der Waals surface area contributed by atoms with E-state index in [4.69, 9.17) is 0 Å². The van der Waals surface area contributed by atoms with Gasteiger partial charge in [0.1, 0.15) is 0 Å². The molecular weight excluding hydrogens is 376 g/mol. The molecule has 27 heavy (non-hydrogen) atoms. The van der Waals surface area contributed by atoms with Crippen molar-refractivity contribution < 1.29 is 4.79 Å². The number of rotatable bonds is 5. The Hall–Kier alpha value is -2.12. The topological polar surface area (TPSA) is 51.0 Å². The third-order valence-electron chi connectivity index (χ3n) is 5.10. The lowest BCUT2D eigenvalue weighted by Gasteiger charge is -2.21. The first kappa shape index (κ1) is 17.0. The number of carbonyl (C=O) groups is 1. The lowest BCUT2D eigenvalue weighted by Crippen LogP contribution is -2.35. The van der Waals surface area contributed by atoms with Gasteiger partial charge in [-0.1, -0.05) is 36.0 Å². The third kappa shape index (κ3) is 3.08. The van der Waals surface area contributed by atoms with Gasteiger partial charge in [0.2, 0.25) is 5.91 Å². The van der Waals surface area contributed by atoms with Crippen molar-refractivity contribution in [3.63, 3.8) is 0 Å². The van der Waals surface area contributed by atoms with Gasteiger partial charge in [-0.2, -0.15) is 0 Å². The Kier molecular flexibility index (Phi) is 4.28. The zero-order valence-electron chi connectivity index (χ0n) is 15.0. The molecule has 138 valence electrons. The molecule has 1 aliphatic heterocycles. The van der Waals surface area contributed by atoms with Crippen molar-refractivity contribution in [2.24, 2.45) is 0 Å². The maximum atomic E-state index is 13.1. The number of anilines is 1. The normalized spacial score (nSPS) is 17.1. The van der Waals surface area contributed by atoms with E-state index >= 15 is 0 Å². The van der Waals surface area contributed by atoms with Crippen molar-refractivity contribution in [1.29, 1.82) is 0 Å². The maximum absolute atomic E-state index is 13.1. The zero-order chi connectivity index (χ0) is 18.4. The van der Waals surface area contributed by atoms with Crippen molar-refractivity contribution in [2.45, 2.75) is 42.6 Å². The quantitative estimate of drug-likeness (QED) is 0.600. The number of thiophene rings is 1. The Labute approximate surface area is 166 Å². The summed E-state index contributed by atoms with van der Waals surface area (Å²) in [5.74, 6) is 1.08. The maximum Gasteiger partial charge on any atom is 0.240 e. The van der Waals surface area contributed by atoms with Crippen LogP contribution in [0, 0.1) is 0 Å². The molecule has 1 fully saturated rings. The number of hydrogen-bond donors (Lipinski definition) is 0. The molecular formula is C20H20N4OS2. The molecule has 0 spiro atoms. The fourth-order valence-electron chi connectivity index (χ4n) is 3.59. The van der Waals surface area contributed by atoms with Crippen LogP contribution in [0.5, 0.6) is 0 Å². The highest BCUT2D eigenvalue weighted by Crippen LogP contribution is 2.42. The number of nitrogens with zero attached hydrogens (tertiary/aromatic N) is 4. The van der Waals surface area contributed by atoms with Gasteiger partial charge < -0.3 is 4.90 Å². The molecule has 5 rings (SSSR count). The highest BCUT2D eigenvalue weighted by molar-refractivity contribution is 8.00. The highest BCUT2D eigenvalue weighted by atomic mass is 32.2. The van der Waals surface area contributed by atoms with E-state index in [1.807, 2.05) is 36.1 Å². The van der Waals surface area contributed by atoms with Gasteiger partial charge in [-0.3, -0.25) is 9.36 Å². The lowest BCUT2D eigenvalue weighted by atomic mass is 10.2. The number of fused-ring (bicyclic) bond motifs is 1. The highest BCUT2D eigenvalue weighted by Gasteiger charge is 2.33. The second-order valence-corrected chi connectivity index (χ2v) is 9.27. The fourth-order valence-corrected chi connectivity index (χ4v) is 5.28. The Bertz CT molecular complexity index is 978. The molecule has 5 nitrogen and oxygen atoms in total. The largest absolute Gasteiger partial charge is 0.311 e. The SMILES string of the molecule is CC(Sc1nnc(-c2cccs2)n1C1CC1)C(=O)N1CCc2ccccc21. The number of carbonyl (C=O) groups excluding carboxylic acids is 1. The Morgan fingerprint density at radius 2 is 2.07 bits per heavy atom. The first-order valence-corrected chi connectivity index (χ1v) is 11.0. The molecule has 1 aromatic carbocycles. The number of amides is 1. The summed E-state index contributed by atoms with van der Waals surface area (Å²) < 4.78 is 2.23. The van der Waals surface area contributed by atoms with E-state index in [0.29, 0.717) is 6.04 Å². The summed E-state index contributed by atoms with van der Waals surface area (Å²) in [6.07, 6.45) is 3.25. The molecule has 0 saturated heterocycles. The lowest BCUT2D eigenvalue weighted by molar-refractivity contribution is -0.117. The van der Waals surface area contributed by atoms with Gasteiger partial charge in [-0.15, -0.1) is 21.5 Å². The first-order valence-electron chi connectivity index (χ1n) is 9.27. The van der Waals surface area contributed by atoms with Crippen LogP contribution in [0.3, 0.4) is 0 Å². The summed E-state index contributed by atoms with van der Waals surface area (Å²) in [6, 6.07) is 12.8. The van der Waals surface area contributed by atoms with Gasteiger partial charge in [0.25, 0.3) is 0 Å². The summed E-state index contributed by atoms with van der Waals surface area (Å²) in [7, 11) is 0. The van der Waals surface area contributed by atoms with Crippen LogP contribution in [0.1, 0.15) is 31.4 Å². The molecule has 1 saturated carbocycles. The molecule has 1 unspecified atom stereocenters. The van der Waals surface area contributed by atoms with Crippen LogP contribution < -0.4 is 4.90 Å². The van der Waals surface area contributed by atoms with E-state index in [9.17, 15) is 4.79 Å². The van der Waals surface area contributed by atoms with E-state index in [0.717, 1.165) is 47.4 Å². The van der Waals surface area contributed by atoms with Crippen LogP contribution in [0.2, 0.25) is 0 Å². The zero-order valence-corrected chi connectivity index (χ0v) is 16.7. The summed E-state index contributed by atoms with van der Waals surface area (Å²) in [5.41, 5.74) is 2.31. The summed E-state index contributed by atoms with van der Waals surface area (Å²) in [5, 5.41) is 11.6. The van der Waals surface area contributed by atoms with Gasteiger partial charge in [0.05, 0.1) is 10.1 Å². The second-order valence-electron chi connectivity index (χ2n) is 7.01. The summed E-state index contributed by atoms with van der Waals surface area (Å²) in [6.45, 7) is 2.74. The molecule has 3 heterocycles. The van der Waals surface area contributed by atoms with E-state index < -0.39 is 0 Å². The van der Waals surface area contributed by atoms with Crippen molar-refractivity contribution in [3.8, 4) is 10.7 Å². The number of aromatic nitrogens is 3. The number of benzene rings is 1. The molecule has 2 aromatic heterocycles.